The van der Waals surface area contributed by atoms with Crippen LogP contribution in [0.1, 0.15) is 78.6 Å². The third-order valence-corrected chi connectivity index (χ3v) is 5.26. The van der Waals surface area contributed by atoms with E-state index in [4.69, 9.17) is 15.3 Å². The van der Waals surface area contributed by atoms with Gasteiger partial charge in [0.25, 0.3) is 5.91 Å². The molecule has 0 aliphatic carbocycles. The molecule has 9 nitrogen and oxygen atoms in total. The van der Waals surface area contributed by atoms with E-state index in [1.165, 1.54) is 0 Å². The Labute approximate surface area is 172 Å². The molecule has 2 amide bonds. The summed E-state index contributed by atoms with van der Waals surface area (Å²) in [4.78, 5) is 33.9. The van der Waals surface area contributed by atoms with Crippen LogP contribution < -0.4 is 5.32 Å². The molecule has 2 heterocycles. The lowest BCUT2D eigenvalue weighted by Crippen LogP contribution is -2.51. The smallest absolute Gasteiger partial charge is 0.410 e. The third kappa shape index (κ3) is 7.24. The lowest BCUT2D eigenvalue weighted by molar-refractivity contribution is -0.125. The van der Waals surface area contributed by atoms with Crippen molar-refractivity contribution in [3.05, 3.63) is 10.4 Å². The first-order chi connectivity index (χ1) is 13.8. The number of likely N-dealkylation sites (tertiary alicyclic amines) is 1. The number of unbranched alkanes of at least 4 members (excludes halogenated alkanes) is 5. The summed E-state index contributed by atoms with van der Waals surface area (Å²) in [6.07, 6.45) is 7.89. The summed E-state index contributed by atoms with van der Waals surface area (Å²) in [5, 5.41) is 6.48. The van der Waals surface area contributed by atoms with Crippen LogP contribution in [0.2, 0.25) is 0 Å². The average molecular weight is 407 g/mol. The number of hydrogen-bond donors (Lipinski definition) is 1. The van der Waals surface area contributed by atoms with Crippen LogP contribution in [0, 0.1) is 0 Å². The van der Waals surface area contributed by atoms with Gasteiger partial charge in [0.15, 0.2) is 0 Å². The van der Waals surface area contributed by atoms with E-state index in [0.717, 1.165) is 50.8 Å². The van der Waals surface area contributed by atoms with Crippen molar-refractivity contribution in [2.75, 3.05) is 19.6 Å². The number of nitrogens with zero attached hydrogens (tertiary/aromatic N) is 5. The third-order valence-electron chi connectivity index (χ3n) is 5.26. The highest BCUT2D eigenvalue weighted by Gasteiger charge is 2.46. The highest BCUT2D eigenvalue weighted by atomic mass is 16.6. The average Bonchev–Trinajstić information content (AvgIpc) is 2.94. The fraction of sp³-hybridized carbons (Fsp3) is 0.850. The number of azide groups is 1. The van der Waals surface area contributed by atoms with Gasteiger partial charge in [-0.25, -0.2) is 4.79 Å². The Bertz CT molecular complexity index is 656. The monoisotopic (exact) mass is 406 g/mol. The SMILES string of the molecule is CC(C)(C)OC(=O)N1CCC2(CC1)N=C(CCCCCCCCN=[N+]=[N-])NC2=O. The van der Waals surface area contributed by atoms with Gasteiger partial charge in [-0.15, -0.1) is 0 Å². The molecule has 0 aromatic carbocycles. The predicted molar refractivity (Wildman–Crippen MR) is 112 cm³/mol. The number of carbonyl (C=O) groups is 2. The molecule has 0 saturated carbocycles. The van der Waals surface area contributed by atoms with Crippen molar-refractivity contribution in [1.82, 2.24) is 10.2 Å². The molecular weight excluding hydrogens is 372 g/mol. The van der Waals surface area contributed by atoms with Crippen molar-refractivity contribution in [2.24, 2.45) is 10.1 Å². The molecule has 0 unspecified atom stereocenters. The summed E-state index contributed by atoms with van der Waals surface area (Å²) in [5.41, 5.74) is 6.99. The van der Waals surface area contributed by atoms with E-state index >= 15 is 0 Å². The van der Waals surface area contributed by atoms with E-state index in [1.54, 1.807) is 4.90 Å². The molecule has 0 atom stereocenters. The van der Waals surface area contributed by atoms with Gasteiger partial charge in [-0.05, 0) is 52.0 Å². The summed E-state index contributed by atoms with van der Waals surface area (Å²) in [5.74, 6) is 0.749. The van der Waals surface area contributed by atoms with Crippen molar-refractivity contribution in [3.8, 4) is 0 Å². The highest BCUT2D eigenvalue weighted by molar-refractivity contribution is 6.08. The lowest BCUT2D eigenvalue weighted by Gasteiger charge is -2.36. The van der Waals surface area contributed by atoms with E-state index in [9.17, 15) is 9.59 Å². The van der Waals surface area contributed by atoms with E-state index < -0.39 is 11.1 Å². The molecule has 2 aliphatic rings. The molecule has 0 radical (unpaired) electrons. The van der Waals surface area contributed by atoms with Crippen LogP contribution in [0.15, 0.2) is 10.1 Å². The van der Waals surface area contributed by atoms with Crippen LogP contribution in [-0.2, 0) is 9.53 Å². The fourth-order valence-corrected chi connectivity index (χ4v) is 3.65. The summed E-state index contributed by atoms with van der Waals surface area (Å²) in [6, 6.07) is 0. The largest absolute Gasteiger partial charge is 0.444 e. The fourth-order valence-electron chi connectivity index (χ4n) is 3.65. The summed E-state index contributed by atoms with van der Waals surface area (Å²) >= 11 is 0. The second kappa shape index (κ2) is 10.5. The molecule has 0 aromatic rings. The first kappa shape index (κ1) is 23.0. The molecule has 9 heteroatoms. The quantitative estimate of drug-likeness (QED) is 0.265. The van der Waals surface area contributed by atoms with Gasteiger partial charge in [0, 0.05) is 31.0 Å². The number of ether oxygens (including phenoxy) is 1. The number of aliphatic imine (C=N–C) groups is 1. The molecular formula is C20H34N6O3. The van der Waals surface area contributed by atoms with Gasteiger partial charge in [0.1, 0.15) is 17.0 Å². The Kier molecular flexibility index (Phi) is 8.32. The molecule has 0 aromatic heterocycles. The normalized spacial score (nSPS) is 18.2. The van der Waals surface area contributed by atoms with Crippen LogP contribution >= 0.6 is 0 Å². The molecule has 162 valence electrons. The summed E-state index contributed by atoms with van der Waals surface area (Å²) in [6.45, 7) is 7.08. The molecule has 29 heavy (non-hydrogen) atoms. The molecule has 2 aliphatic heterocycles. The van der Waals surface area contributed by atoms with E-state index in [2.05, 4.69) is 15.3 Å². The van der Waals surface area contributed by atoms with Gasteiger partial charge in [-0.2, -0.15) is 0 Å². The lowest BCUT2D eigenvalue weighted by atomic mass is 9.88. The van der Waals surface area contributed by atoms with Crippen LogP contribution in [0.3, 0.4) is 0 Å². The van der Waals surface area contributed by atoms with E-state index in [-0.39, 0.29) is 12.0 Å². The zero-order valence-corrected chi connectivity index (χ0v) is 17.9. The molecule has 2 rings (SSSR count). The van der Waals surface area contributed by atoms with Gasteiger partial charge in [-0.3, -0.25) is 9.79 Å². The molecule has 1 fully saturated rings. The predicted octanol–water partition coefficient (Wildman–Crippen LogP) is 4.33. The number of rotatable bonds is 9. The van der Waals surface area contributed by atoms with Gasteiger partial charge in [0.05, 0.1) is 0 Å². The zero-order valence-electron chi connectivity index (χ0n) is 17.9. The Morgan fingerprint density at radius 1 is 1.21 bits per heavy atom. The second-order valence-electron chi connectivity index (χ2n) is 8.84. The molecule has 1 N–H and O–H groups in total. The Hall–Kier alpha value is -2.28. The maximum Gasteiger partial charge on any atom is 0.410 e. The van der Waals surface area contributed by atoms with Crippen LogP contribution in [-0.4, -0.2) is 53.5 Å². The van der Waals surface area contributed by atoms with Crippen molar-refractivity contribution in [1.29, 1.82) is 0 Å². The van der Waals surface area contributed by atoms with Crippen LogP contribution in [0.4, 0.5) is 4.79 Å². The Morgan fingerprint density at radius 3 is 2.45 bits per heavy atom. The first-order valence-corrected chi connectivity index (χ1v) is 10.6. The number of amides is 2. The zero-order chi connectivity index (χ0) is 21.3. The standard InChI is InChI=1S/C20H34N6O3/c1-19(2,3)29-18(28)26-14-11-20(12-15-26)17(27)23-16(24-20)10-8-6-4-5-7-9-13-22-25-21/h4-15H2,1-3H3,(H,23,24,27). The second-order valence-corrected chi connectivity index (χ2v) is 8.84. The van der Waals surface area contributed by atoms with Gasteiger partial charge >= 0.3 is 6.09 Å². The summed E-state index contributed by atoms with van der Waals surface area (Å²) < 4.78 is 5.42. The van der Waals surface area contributed by atoms with Crippen LogP contribution in [0.25, 0.3) is 10.4 Å². The first-order valence-electron chi connectivity index (χ1n) is 10.6. The maximum atomic E-state index is 12.5. The number of carbonyl (C=O) groups excluding carboxylic acids is 2. The van der Waals surface area contributed by atoms with Crippen molar-refractivity contribution < 1.29 is 14.3 Å². The van der Waals surface area contributed by atoms with E-state index in [0.29, 0.717) is 32.5 Å². The number of amidine groups is 1. The molecule has 1 spiro atoms. The van der Waals surface area contributed by atoms with Crippen molar-refractivity contribution in [3.63, 3.8) is 0 Å². The number of hydrogen-bond acceptors (Lipinski definition) is 5. The molecule has 1 saturated heterocycles. The van der Waals surface area contributed by atoms with Gasteiger partial charge in [-0.1, -0.05) is 30.8 Å². The summed E-state index contributed by atoms with van der Waals surface area (Å²) in [7, 11) is 0. The van der Waals surface area contributed by atoms with Crippen molar-refractivity contribution >= 4 is 17.8 Å². The molecule has 0 bridgehead atoms. The minimum atomic E-state index is -0.713. The number of nitrogens with one attached hydrogen (secondary N) is 1. The number of piperidine rings is 1. The Balaban J connectivity index is 1.70. The minimum absolute atomic E-state index is 0.0330. The highest BCUT2D eigenvalue weighted by Crippen LogP contribution is 2.31. The maximum absolute atomic E-state index is 12.5. The van der Waals surface area contributed by atoms with Crippen molar-refractivity contribution in [2.45, 2.75) is 89.7 Å². The van der Waals surface area contributed by atoms with Crippen LogP contribution in [0.5, 0.6) is 0 Å². The van der Waals surface area contributed by atoms with Gasteiger partial charge < -0.3 is 15.0 Å². The van der Waals surface area contributed by atoms with E-state index in [1.807, 2.05) is 20.8 Å². The van der Waals surface area contributed by atoms with Gasteiger partial charge in [0.2, 0.25) is 0 Å². The topological polar surface area (TPSA) is 120 Å². The minimum Gasteiger partial charge on any atom is -0.444 e. The Morgan fingerprint density at radius 2 is 1.83 bits per heavy atom.